The molecule has 0 aliphatic carbocycles. The lowest BCUT2D eigenvalue weighted by Crippen LogP contribution is -2.23. The highest BCUT2D eigenvalue weighted by atomic mass is 35.5. The lowest BCUT2D eigenvalue weighted by molar-refractivity contribution is 0.0585. The Balaban J connectivity index is 0.00000161. The summed E-state index contributed by atoms with van der Waals surface area (Å²) in [5.41, 5.74) is 7.90. The number of carbonyl (C=O) groups excluding carboxylic acids is 1. The van der Waals surface area contributed by atoms with Gasteiger partial charge in [-0.1, -0.05) is 0 Å². The first-order valence-electron chi connectivity index (χ1n) is 6.33. The Morgan fingerprint density at radius 3 is 3.10 bits per heavy atom. The van der Waals surface area contributed by atoms with Crippen molar-refractivity contribution in [3.8, 4) is 5.75 Å². The summed E-state index contributed by atoms with van der Waals surface area (Å²) in [7, 11) is 1.36. The molecular formula is C14H16ClN3O3. The van der Waals surface area contributed by atoms with Crippen LogP contribution in [0.2, 0.25) is 0 Å². The van der Waals surface area contributed by atoms with Crippen molar-refractivity contribution in [2.45, 2.75) is 12.5 Å². The van der Waals surface area contributed by atoms with Crippen molar-refractivity contribution in [1.82, 2.24) is 9.55 Å². The molecule has 1 atom stereocenters. The highest BCUT2D eigenvalue weighted by Gasteiger charge is 2.26. The van der Waals surface area contributed by atoms with Gasteiger partial charge in [0.1, 0.15) is 11.4 Å². The summed E-state index contributed by atoms with van der Waals surface area (Å²) in [6.07, 6.45) is 3.89. The number of hydrogen-bond acceptors (Lipinski definition) is 5. The summed E-state index contributed by atoms with van der Waals surface area (Å²) in [4.78, 5) is 15.8. The molecule has 21 heavy (non-hydrogen) atoms. The van der Waals surface area contributed by atoms with E-state index in [4.69, 9.17) is 15.2 Å². The highest BCUT2D eigenvalue weighted by Crippen LogP contribution is 2.36. The summed E-state index contributed by atoms with van der Waals surface area (Å²) >= 11 is 0. The van der Waals surface area contributed by atoms with Gasteiger partial charge in [-0.05, 0) is 18.2 Å². The van der Waals surface area contributed by atoms with Crippen LogP contribution in [0.25, 0.3) is 0 Å². The number of imidazole rings is 1. The van der Waals surface area contributed by atoms with E-state index in [0.717, 1.165) is 17.7 Å². The van der Waals surface area contributed by atoms with E-state index in [0.29, 0.717) is 18.0 Å². The molecule has 0 radical (unpaired) electrons. The maximum Gasteiger partial charge on any atom is 0.356 e. The molecular weight excluding hydrogens is 294 g/mol. The molecule has 0 saturated carbocycles. The maximum atomic E-state index is 11.8. The zero-order valence-electron chi connectivity index (χ0n) is 11.5. The summed E-state index contributed by atoms with van der Waals surface area (Å²) in [5, 5.41) is 0. The van der Waals surface area contributed by atoms with Gasteiger partial charge in [0.25, 0.3) is 0 Å². The standard InChI is InChI=1S/C14H15N3O3.ClH/c1-19-14(18)12-7-16-8-17(12)11-4-5-20-13-3-2-9(15)6-10(11)13;/h2-3,6-8,11H,4-5,15H2,1H3;1H. The third-order valence-electron chi connectivity index (χ3n) is 3.44. The maximum absolute atomic E-state index is 11.8. The minimum Gasteiger partial charge on any atom is -0.493 e. The zero-order valence-corrected chi connectivity index (χ0v) is 12.3. The van der Waals surface area contributed by atoms with Gasteiger partial charge in [0.15, 0.2) is 0 Å². The molecule has 2 heterocycles. The summed E-state index contributed by atoms with van der Waals surface area (Å²) in [5.74, 6) is 0.388. The number of aromatic nitrogens is 2. The highest BCUT2D eigenvalue weighted by molar-refractivity contribution is 5.87. The van der Waals surface area contributed by atoms with Crippen LogP contribution in [0, 0.1) is 0 Å². The van der Waals surface area contributed by atoms with Gasteiger partial charge in [0.2, 0.25) is 0 Å². The predicted octanol–water partition coefficient (Wildman–Crippen LogP) is 2.05. The van der Waals surface area contributed by atoms with Crippen LogP contribution in [-0.2, 0) is 4.74 Å². The fourth-order valence-corrected chi connectivity index (χ4v) is 2.50. The third-order valence-corrected chi connectivity index (χ3v) is 3.44. The van der Waals surface area contributed by atoms with Crippen LogP contribution >= 0.6 is 12.4 Å². The van der Waals surface area contributed by atoms with Crippen molar-refractivity contribution in [2.24, 2.45) is 0 Å². The molecule has 6 nitrogen and oxygen atoms in total. The first-order valence-corrected chi connectivity index (χ1v) is 6.33. The predicted molar refractivity (Wildman–Crippen MR) is 79.9 cm³/mol. The largest absolute Gasteiger partial charge is 0.493 e. The van der Waals surface area contributed by atoms with Crippen LogP contribution in [0.4, 0.5) is 5.69 Å². The molecule has 2 N–H and O–H groups in total. The van der Waals surface area contributed by atoms with E-state index < -0.39 is 5.97 Å². The van der Waals surface area contributed by atoms with Crippen LogP contribution in [0.15, 0.2) is 30.7 Å². The lowest BCUT2D eigenvalue weighted by Gasteiger charge is -2.28. The van der Waals surface area contributed by atoms with Crippen molar-refractivity contribution in [2.75, 3.05) is 19.5 Å². The fraction of sp³-hybridized carbons (Fsp3) is 0.286. The van der Waals surface area contributed by atoms with Crippen molar-refractivity contribution >= 4 is 24.1 Å². The fourth-order valence-electron chi connectivity index (χ4n) is 2.50. The van der Waals surface area contributed by atoms with Gasteiger partial charge >= 0.3 is 5.97 Å². The number of fused-ring (bicyclic) bond motifs is 1. The normalized spacial score (nSPS) is 16.3. The smallest absolute Gasteiger partial charge is 0.356 e. The molecule has 1 aliphatic rings. The van der Waals surface area contributed by atoms with Crippen LogP contribution in [0.5, 0.6) is 5.75 Å². The van der Waals surface area contributed by atoms with Crippen molar-refractivity contribution < 1.29 is 14.3 Å². The number of anilines is 1. The van der Waals surface area contributed by atoms with Gasteiger partial charge in [0, 0.05) is 17.7 Å². The summed E-state index contributed by atoms with van der Waals surface area (Å²) in [6, 6.07) is 5.50. The number of benzene rings is 1. The number of methoxy groups -OCH3 is 1. The Kier molecular flexibility index (Phi) is 4.37. The molecule has 112 valence electrons. The minimum absolute atomic E-state index is 0. The van der Waals surface area contributed by atoms with E-state index >= 15 is 0 Å². The number of hydrogen-bond donors (Lipinski definition) is 1. The number of nitrogens with zero attached hydrogens (tertiary/aromatic N) is 2. The van der Waals surface area contributed by atoms with Crippen LogP contribution < -0.4 is 10.5 Å². The number of rotatable bonds is 2. The van der Waals surface area contributed by atoms with Crippen molar-refractivity contribution in [3.63, 3.8) is 0 Å². The van der Waals surface area contributed by atoms with Gasteiger partial charge in [-0.3, -0.25) is 0 Å². The van der Waals surface area contributed by atoms with Gasteiger partial charge in [-0.25, -0.2) is 9.78 Å². The molecule has 0 fully saturated rings. The molecule has 7 heteroatoms. The number of halogens is 1. The molecule has 0 spiro atoms. The quantitative estimate of drug-likeness (QED) is 0.678. The summed E-state index contributed by atoms with van der Waals surface area (Å²) in [6.45, 7) is 0.584. The van der Waals surface area contributed by atoms with Gasteiger partial charge in [-0.2, -0.15) is 0 Å². The van der Waals surface area contributed by atoms with E-state index in [1.54, 1.807) is 12.4 Å². The second-order valence-electron chi connectivity index (χ2n) is 4.63. The topological polar surface area (TPSA) is 79.4 Å². The monoisotopic (exact) mass is 309 g/mol. The Hall–Kier alpha value is -2.21. The Morgan fingerprint density at radius 1 is 1.52 bits per heavy atom. The molecule has 2 aromatic rings. The van der Waals surface area contributed by atoms with Gasteiger partial charge in [0.05, 0.1) is 32.3 Å². The van der Waals surface area contributed by atoms with E-state index in [9.17, 15) is 4.79 Å². The minimum atomic E-state index is -0.403. The van der Waals surface area contributed by atoms with Crippen LogP contribution in [-0.4, -0.2) is 29.2 Å². The second kappa shape index (κ2) is 6.05. The average Bonchev–Trinajstić information content (AvgIpc) is 2.95. The van der Waals surface area contributed by atoms with Crippen LogP contribution in [0.3, 0.4) is 0 Å². The number of nitrogens with two attached hydrogens (primary N) is 1. The van der Waals surface area contributed by atoms with E-state index in [1.807, 2.05) is 16.7 Å². The molecule has 0 saturated heterocycles. The molecule has 1 unspecified atom stereocenters. The van der Waals surface area contributed by atoms with Crippen molar-refractivity contribution in [1.29, 1.82) is 0 Å². The molecule has 0 bridgehead atoms. The molecule has 1 aromatic heterocycles. The molecule has 1 aliphatic heterocycles. The zero-order chi connectivity index (χ0) is 14.1. The van der Waals surface area contributed by atoms with Crippen LogP contribution in [0.1, 0.15) is 28.5 Å². The Labute approximate surface area is 128 Å². The lowest BCUT2D eigenvalue weighted by atomic mass is 9.99. The number of ether oxygens (including phenoxy) is 2. The van der Waals surface area contributed by atoms with Crippen molar-refractivity contribution in [3.05, 3.63) is 42.0 Å². The molecule has 1 aromatic carbocycles. The number of esters is 1. The summed E-state index contributed by atoms with van der Waals surface area (Å²) < 4.78 is 12.2. The number of nitrogen functional groups attached to an aromatic ring is 1. The van der Waals surface area contributed by atoms with E-state index in [1.165, 1.54) is 13.3 Å². The molecule has 0 amide bonds. The average molecular weight is 310 g/mol. The first-order chi connectivity index (χ1) is 9.70. The SMILES string of the molecule is COC(=O)c1cncn1C1CCOc2ccc(N)cc21.Cl. The second-order valence-corrected chi connectivity index (χ2v) is 4.63. The number of carbonyl (C=O) groups is 1. The molecule has 3 rings (SSSR count). The van der Waals surface area contributed by atoms with Gasteiger partial charge < -0.3 is 19.8 Å². The van der Waals surface area contributed by atoms with E-state index in [2.05, 4.69) is 4.98 Å². The van der Waals surface area contributed by atoms with E-state index in [-0.39, 0.29) is 18.4 Å². The third kappa shape index (κ3) is 2.67. The van der Waals surface area contributed by atoms with Gasteiger partial charge in [-0.15, -0.1) is 12.4 Å². The first kappa shape index (κ1) is 15.2. The Bertz CT molecular complexity index is 657. The Morgan fingerprint density at radius 2 is 2.33 bits per heavy atom.